The third-order valence-corrected chi connectivity index (χ3v) is 0. The smallest absolute Gasteiger partial charge is 0.790 e. The molecule has 96 valence electrons. The SMILES string of the molecule is O.O.O.O.O.O.O.O=P([O-])([O-])O.P.[Na+].[Na+]. The maximum Gasteiger partial charge on any atom is 1.00 e. The van der Waals surface area contributed by atoms with Crippen LogP contribution in [0.3, 0.4) is 0 Å². The molecule has 0 saturated heterocycles. The first kappa shape index (κ1) is 116. The van der Waals surface area contributed by atoms with Gasteiger partial charge in [0.2, 0.25) is 0 Å². The van der Waals surface area contributed by atoms with Crippen molar-refractivity contribution in [2.75, 3.05) is 0 Å². The summed E-state index contributed by atoms with van der Waals surface area (Å²) >= 11 is 0. The topological polar surface area (TPSA) is 304 Å². The van der Waals surface area contributed by atoms with Gasteiger partial charge < -0.3 is 57.6 Å². The summed E-state index contributed by atoms with van der Waals surface area (Å²) in [5, 5.41) is 0. The van der Waals surface area contributed by atoms with Crippen molar-refractivity contribution in [3.8, 4) is 0 Å². The predicted octanol–water partition coefficient (Wildman–Crippen LogP) is -13.9. The fourth-order valence-electron chi connectivity index (χ4n) is 0. The Morgan fingerprint density at radius 2 is 0.733 bits per heavy atom. The van der Waals surface area contributed by atoms with E-state index in [9.17, 15) is 0 Å². The van der Waals surface area contributed by atoms with E-state index in [0.29, 0.717) is 0 Å². The summed E-state index contributed by atoms with van der Waals surface area (Å²) in [6.07, 6.45) is 0. The average Bonchev–Trinajstić information content (AvgIpc) is 0.722. The van der Waals surface area contributed by atoms with E-state index in [1.807, 2.05) is 0 Å². The molecule has 15 N–H and O–H groups in total. The zero-order chi connectivity index (χ0) is 4.50. The predicted molar refractivity (Wildman–Crippen MR) is 46.2 cm³/mol. The van der Waals surface area contributed by atoms with E-state index < -0.39 is 7.82 Å². The molecule has 15 heavy (non-hydrogen) atoms. The summed E-state index contributed by atoms with van der Waals surface area (Å²) in [5.41, 5.74) is 0. The molecule has 0 aliphatic heterocycles. The van der Waals surface area contributed by atoms with Gasteiger partial charge >= 0.3 is 59.1 Å². The summed E-state index contributed by atoms with van der Waals surface area (Å²) in [6.45, 7) is 0. The second-order valence-corrected chi connectivity index (χ2v) is 1.41. The van der Waals surface area contributed by atoms with Crippen LogP contribution in [0.15, 0.2) is 0 Å². The van der Waals surface area contributed by atoms with Crippen molar-refractivity contribution in [2.45, 2.75) is 0 Å². The fourth-order valence-corrected chi connectivity index (χ4v) is 0. The Bertz CT molecular complexity index is 62.7. The normalized spacial score (nSPS) is 3.93. The Hall–Kier alpha value is 2.26. The summed E-state index contributed by atoms with van der Waals surface area (Å²) in [7, 11) is -5.14. The molecule has 0 aromatic heterocycles. The van der Waals surface area contributed by atoms with Crippen LogP contribution >= 0.6 is 17.7 Å². The molecular formula is H18Na2O11P2. The average molecular weight is 302 g/mol. The van der Waals surface area contributed by atoms with Crippen LogP contribution in [0, 0.1) is 0 Å². The maximum atomic E-state index is 8.66. The molecule has 0 fully saturated rings. The van der Waals surface area contributed by atoms with E-state index >= 15 is 0 Å². The number of hydrogen-bond donors (Lipinski definition) is 1. The molecule has 0 spiro atoms. The monoisotopic (exact) mass is 302 g/mol. The summed E-state index contributed by atoms with van der Waals surface area (Å²) < 4.78 is 8.66. The van der Waals surface area contributed by atoms with E-state index in [2.05, 4.69) is 0 Å². The van der Waals surface area contributed by atoms with Gasteiger partial charge in [0.25, 0.3) is 0 Å². The van der Waals surface area contributed by atoms with Crippen LogP contribution in [0.5, 0.6) is 0 Å². The van der Waals surface area contributed by atoms with Crippen LogP contribution in [0.1, 0.15) is 0 Å². The number of rotatable bonds is 0. The van der Waals surface area contributed by atoms with Crippen LogP contribution in [0.25, 0.3) is 0 Å². The zero-order valence-electron chi connectivity index (χ0n) is 8.33. The molecule has 0 amide bonds. The zero-order valence-corrected chi connectivity index (χ0v) is 14.6. The molecule has 0 aliphatic carbocycles. The molecule has 0 heterocycles. The van der Waals surface area contributed by atoms with Gasteiger partial charge in [0.05, 0.1) is 7.82 Å². The molecular weight excluding hydrogens is 284 g/mol. The molecule has 0 aromatic carbocycles. The molecule has 11 nitrogen and oxygen atoms in total. The van der Waals surface area contributed by atoms with Gasteiger partial charge in [0.1, 0.15) is 0 Å². The standard InChI is InChI=1S/2Na.H3O4P.7H2O.H3P/c;;1-5(2,3)4;;;;;;;;/h;;(H3,1,2,3,4);7*1H2;1H3/q2*+1;;;;;;;;;/p-2. The van der Waals surface area contributed by atoms with Crippen molar-refractivity contribution in [3.63, 3.8) is 0 Å². The van der Waals surface area contributed by atoms with Gasteiger partial charge in [-0.25, -0.2) is 0 Å². The van der Waals surface area contributed by atoms with E-state index in [0.717, 1.165) is 0 Å². The first-order valence-electron chi connectivity index (χ1n) is 0.748. The maximum absolute atomic E-state index is 8.66. The third kappa shape index (κ3) is 647. The van der Waals surface area contributed by atoms with Gasteiger partial charge in [-0.1, -0.05) is 0 Å². The molecule has 0 bridgehead atoms. The van der Waals surface area contributed by atoms with Crippen LogP contribution in [-0.2, 0) is 4.57 Å². The molecule has 1 atom stereocenters. The Morgan fingerprint density at radius 1 is 0.733 bits per heavy atom. The molecule has 0 aromatic rings. The van der Waals surface area contributed by atoms with Crippen molar-refractivity contribution in [1.82, 2.24) is 0 Å². The van der Waals surface area contributed by atoms with Gasteiger partial charge in [-0.15, -0.1) is 0 Å². The molecule has 15 heteroatoms. The van der Waals surface area contributed by atoms with Crippen molar-refractivity contribution < 1.29 is 117 Å². The Labute approximate surface area is 133 Å². The second kappa shape index (κ2) is 55.5. The third-order valence-electron chi connectivity index (χ3n) is 0. The quantitative estimate of drug-likeness (QED) is 0.336. The first-order valence-corrected chi connectivity index (χ1v) is 2.24. The minimum atomic E-state index is -5.14. The number of phosphoric acid groups is 1. The van der Waals surface area contributed by atoms with Crippen LogP contribution in [0.4, 0.5) is 0 Å². The van der Waals surface area contributed by atoms with Crippen molar-refractivity contribution in [3.05, 3.63) is 0 Å². The summed E-state index contributed by atoms with van der Waals surface area (Å²) in [4.78, 5) is 24.3. The minimum absolute atomic E-state index is 0. The van der Waals surface area contributed by atoms with E-state index in [1.54, 1.807) is 0 Å². The summed E-state index contributed by atoms with van der Waals surface area (Å²) in [5.74, 6) is 0. The van der Waals surface area contributed by atoms with Crippen molar-refractivity contribution in [2.24, 2.45) is 0 Å². The largest absolute Gasteiger partial charge is 1.00 e. The molecule has 0 rings (SSSR count). The van der Waals surface area contributed by atoms with Gasteiger partial charge in [0.15, 0.2) is 0 Å². The van der Waals surface area contributed by atoms with E-state index in [1.165, 1.54) is 0 Å². The van der Waals surface area contributed by atoms with Crippen LogP contribution in [0.2, 0.25) is 0 Å². The summed E-state index contributed by atoms with van der Waals surface area (Å²) in [6, 6.07) is 0. The van der Waals surface area contributed by atoms with Crippen molar-refractivity contribution >= 4 is 17.7 Å². The van der Waals surface area contributed by atoms with Gasteiger partial charge in [-0.05, 0) is 0 Å². The van der Waals surface area contributed by atoms with Gasteiger partial charge in [-0.2, -0.15) is 9.90 Å². The van der Waals surface area contributed by atoms with Crippen LogP contribution < -0.4 is 68.9 Å². The Morgan fingerprint density at radius 3 is 0.733 bits per heavy atom. The number of hydrogen-bond acceptors (Lipinski definition) is 3. The molecule has 0 saturated carbocycles. The van der Waals surface area contributed by atoms with Gasteiger partial charge in [0, 0.05) is 0 Å². The molecule has 0 aliphatic rings. The Kier molecular flexibility index (Phi) is 431. The van der Waals surface area contributed by atoms with E-state index in [-0.39, 0.29) is 107 Å². The minimum Gasteiger partial charge on any atom is -0.790 e. The van der Waals surface area contributed by atoms with Crippen molar-refractivity contribution in [1.29, 1.82) is 0 Å². The second-order valence-electron chi connectivity index (χ2n) is 0.469. The van der Waals surface area contributed by atoms with E-state index in [4.69, 9.17) is 19.2 Å². The Balaban J connectivity index is -0.00000000178. The van der Waals surface area contributed by atoms with Gasteiger partial charge in [-0.3, -0.25) is 0 Å². The molecule has 0 radical (unpaired) electrons. The van der Waals surface area contributed by atoms with Crippen LogP contribution in [-0.4, -0.2) is 43.2 Å². The molecule has 1 unspecified atom stereocenters. The fraction of sp³-hybridized carbons (Fsp3) is 0. The first-order chi connectivity index (χ1) is 2.00.